The van der Waals surface area contributed by atoms with Crippen LogP contribution in [0, 0.1) is 0 Å². The second kappa shape index (κ2) is 14.7. The molecule has 0 aliphatic heterocycles. The molecule has 0 atom stereocenters. The van der Waals surface area contributed by atoms with Gasteiger partial charge in [0.05, 0.1) is 22.1 Å². The molecule has 0 spiro atoms. The molecule has 0 unspecified atom stereocenters. The molecule has 2 heteroatoms. The third-order valence-corrected chi connectivity index (χ3v) is 14.7. The summed E-state index contributed by atoms with van der Waals surface area (Å²) in [5, 5.41) is 2.47. The molecule has 0 saturated carbocycles. The highest BCUT2D eigenvalue weighted by atomic mass is 15.1. The monoisotopic (exact) mass is 842 g/mol. The van der Waals surface area contributed by atoms with Crippen molar-refractivity contribution in [3.63, 3.8) is 0 Å². The molecule has 2 nitrogen and oxygen atoms in total. The van der Waals surface area contributed by atoms with Crippen LogP contribution in [0.15, 0.2) is 243 Å². The van der Waals surface area contributed by atoms with Crippen LogP contribution in [0.4, 0.5) is 17.1 Å². The fraction of sp³-hybridized carbons (Fsp3) is 0.0625. The van der Waals surface area contributed by atoms with Crippen molar-refractivity contribution in [1.29, 1.82) is 0 Å². The first kappa shape index (κ1) is 38.3. The van der Waals surface area contributed by atoms with Crippen molar-refractivity contribution in [1.82, 2.24) is 4.57 Å². The van der Waals surface area contributed by atoms with Crippen LogP contribution in [0.2, 0.25) is 0 Å². The Morgan fingerprint density at radius 1 is 0.348 bits per heavy atom. The Labute approximate surface area is 386 Å². The SMILES string of the molecule is CC1(C)c2ccccc2-c2c(-c3ccccc3N(c3ccc4c(c3)-c3ccccc3C4(c3ccccc3)c3ccccc3)c3ccc4c5ccccc5n(-c5ccccc5)c4c3)cccc21. The number of anilines is 3. The fourth-order valence-electron chi connectivity index (χ4n) is 11.8. The Kier molecular flexibility index (Phi) is 8.51. The van der Waals surface area contributed by atoms with Crippen LogP contribution >= 0.6 is 0 Å². The lowest BCUT2D eigenvalue weighted by molar-refractivity contribution is 0.660. The van der Waals surface area contributed by atoms with Crippen molar-refractivity contribution in [2.75, 3.05) is 4.90 Å². The largest absolute Gasteiger partial charge is 0.310 e. The van der Waals surface area contributed by atoms with Crippen molar-refractivity contribution in [2.24, 2.45) is 0 Å². The van der Waals surface area contributed by atoms with Crippen molar-refractivity contribution in [2.45, 2.75) is 24.7 Å². The topological polar surface area (TPSA) is 8.17 Å². The van der Waals surface area contributed by atoms with Gasteiger partial charge in [-0.3, -0.25) is 0 Å². The number of nitrogens with zero attached hydrogens (tertiary/aromatic N) is 2. The molecule has 1 aromatic heterocycles. The summed E-state index contributed by atoms with van der Waals surface area (Å²) in [4.78, 5) is 2.51. The van der Waals surface area contributed by atoms with E-state index in [1.165, 1.54) is 83.1 Å². The summed E-state index contributed by atoms with van der Waals surface area (Å²) in [6, 6.07) is 90.1. The van der Waals surface area contributed by atoms with Crippen LogP contribution in [0.3, 0.4) is 0 Å². The minimum atomic E-state index is -0.490. The lowest BCUT2D eigenvalue weighted by atomic mass is 9.68. The zero-order valence-corrected chi connectivity index (χ0v) is 37.0. The van der Waals surface area contributed by atoms with E-state index in [0.29, 0.717) is 0 Å². The number of benzene rings is 10. The Balaban J connectivity index is 1.10. The van der Waals surface area contributed by atoms with E-state index in [1.807, 2.05) is 0 Å². The molecule has 0 radical (unpaired) electrons. The maximum atomic E-state index is 2.51. The summed E-state index contributed by atoms with van der Waals surface area (Å²) < 4.78 is 2.42. The highest BCUT2D eigenvalue weighted by Gasteiger charge is 2.46. The lowest BCUT2D eigenvalue weighted by Gasteiger charge is -2.34. The van der Waals surface area contributed by atoms with Crippen LogP contribution < -0.4 is 4.90 Å². The number of aromatic nitrogens is 1. The maximum absolute atomic E-state index is 2.51. The van der Waals surface area contributed by atoms with Gasteiger partial charge in [-0.25, -0.2) is 0 Å². The van der Waals surface area contributed by atoms with E-state index < -0.39 is 5.41 Å². The smallest absolute Gasteiger partial charge is 0.0713 e. The van der Waals surface area contributed by atoms with E-state index in [0.717, 1.165) is 28.3 Å². The number of hydrogen-bond acceptors (Lipinski definition) is 1. The predicted molar refractivity (Wildman–Crippen MR) is 276 cm³/mol. The molecular formula is C64H46N2. The second-order valence-electron chi connectivity index (χ2n) is 18.4. The molecule has 0 amide bonds. The number of fused-ring (bicyclic) bond motifs is 9. The van der Waals surface area contributed by atoms with E-state index in [4.69, 9.17) is 0 Å². The fourth-order valence-corrected chi connectivity index (χ4v) is 11.8. The molecule has 11 aromatic rings. The van der Waals surface area contributed by atoms with E-state index in [2.05, 4.69) is 266 Å². The Morgan fingerprint density at radius 3 is 1.64 bits per heavy atom. The molecule has 13 rings (SSSR count). The zero-order valence-electron chi connectivity index (χ0n) is 37.0. The zero-order chi connectivity index (χ0) is 44.0. The Morgan fingerprint density at radius 2 is 0.879 bits per heavy atom. The predicted octanol–water partition coefficient (Wildman–Crippen LogP) is 16.6. The van der Waals surface area contributed by atoms with Gasteiger partial charge < -0.3 is 9.47 Å². The highest BCUT2D eigenvalue weighted by molar-refractivity contribution is 6.11. The van der Waals surface area contributed by atoms with E-state index in [-0.39, 0.29) is 5.41 Å². The van der Waals surface area contributed by atoms with Gasteiger partial charge in [-0.1, -0.05) is 208 Å². The van der Waals surface area contributed by atoms with Crippen LogP contribution in [-0.2, 0) is 10.8 Å². The summed E-state index contributed by atoms with van der Waals surface area (Å²) in [6.07, 6.45) is 0. The van der Waals surface area contributed by atoms with Gasteiger partial charge in [0.2, 0.25) is 0 Å². The van der Waals surface area contributed by atoms with Gasteiger partial charge in [-0.05, 0) is 110 Å². The van der Waals surface area contributed by atoms with Crippen LogP contribution in [0.5, 0.6) is 0 Å². The van der Waals surface area contributed by atoms with Crippen LogP contribution in [0.25, 0.3) is 60.9 Å². The van der Waals surface area contributed by atoms with Crippen LogP contribution in [-0.4, -0.2) is 4.57 Å². The molecule has 0 N–H and O–H groups in total. The van der Waals surface area contributed by atoms with Gasteiger partial charge in [-0.15, -0.1) is 0 Å². The van der Waals surface area contributed by atoms with Gasteiger partial charge >= 0.3 is 0 Å². The molecule has 312 valence electrons. The molecule has 66 heavy (non-hydrogen) atoms. The van der Waals surface area contributed by atoms with Gasteiger partial charge in [-0.2, -0.15) is 0 Å². The first-order chi connectivity index (χ1) is 32.5. The summed E-state index contributed by atoms with van der Waals surface area (Å²) in [5.41, 5.74) is 21.6. The number of para-hydroxylation sites is 3. The molecule has 10 aromatic carbocycles. The average Bonchev–Trinajstić information content (AvgIpc) is 3.96. The van der Waals surface area contributed by atoms with Gasteiger partial charge in [0.15, 0.2) is 0 Å². The molecule has 2 aliphatic carbocycles. The molecule has 0 saturated heterocycles. The number of rotatable bonds is 7. The van der Waals surface area contributed by atoms with Gasteiger partial charge in [0.25, 0.3) is 0 Å². The van der Waals surface area contributed by atoms with E-state index >= 15 is 0 Å². The average molecular weight is 843 g/mol. The van der Waals surface area contributed by atoms with Gasteiger partial charge in [0, 0.05) is 38.8 Å². The number of hydrogen-bond donors (Lipinski definition) is 0. The highest BCUT2D eigenvalue weighted by Crippen LogP contribution is 2.58. The first-order valence-electron chi connectivity index (χ1n) is 23.1. The third kappa shape index (κ3) is 5.42. The summed E-state index contributed by atoms with van der Waals surface area (Å²) in [6.45, 7) is 4.74. The Bertz CT molecular complexity index is 3630. The third-order valence-electron chi connectivity index (χ3n) is 14.7. The molecular weight excluding hydrogens is 797 g/mol. The molecule has 0 fully saturated rings. The minimum absolute atomic E-state index is 0.121. The van der Waals surface area contributed by atoms with Crippen molar-refractivity contribution < 1.29 is 0 Å². The first-order valence-corrected chi connectivity index (χ1v) is 23.1. The van der Waals surface area contributed by atoms with Crippen molar-refractivity contribution in [3.8, 4) is 39.1 Å². The lowest BCUT2D eigenvalue weighted by Crippen LogP contribution is -2.28. The normalized spacial score (nSPS) is 13.8. The summed E-state index contributed by atoms with van der Waals surface area (Å²) in [5.74, 6) is 0. The second-order valence-corrected chi connectivity index (χ2v) is 18.4. The molecule has 0 bridgehead atoms. The van der Waals surface area contributed by atoms with Crippen molar-refractivity contribution >= 4 is 38.9 Å². The Hall–Kier alpha value is -8.20. The van der Waals surface area contributed by atoms with Gasteiger partial charge in [0.1, 0.15) is 0 Å². The van der Waals surface area contributed by atoms with E-state index in [9.17, 15) is 0 Å². The summed E-state index contributed by atoms with van der Waals surface area (Å²) in [7, 11) is 0. The molecule has 2 aliphatic rings. The molecule has 1 heterocycles. The standard InChI is InChI=1S/C64H46N2/c1-63(2)55-32-16-13-30-53(55)62-52(31-20-34-58(62)63)50-29-15-18-35-59(50)65(47-37-39-51-49-28-14-19-36-60(49)66(61(51)42-47)45-25-10-5-11-26-45)46-38-40-57-54(41-46)48-27-12-17-33-56(48)64(57,43-21-6-3-7-22-43)44-23-8-4-9-24-44/h3-42H,1-2H3. The van der Waals surface area contributed by atoms with Crippen molar-refractivity contribution in [3.05, 3.63) is 276 Å². The summed E-state index contributed by atoms with van der Waals surface area (Å²) >= 11 is 0. The quantitative estimate of drug-likeness (QED) is 0.155. The minimum Gasteiger partial charge on any atom is -0.310 e. The maximum Gasteiger partial charge on any atom is 0.0713 e. The van der Waals surface area contributed by atoms with E-state index in [1.54, 1.807) is 0 Å². The van der Waals surface area contributed by atoms with Crippen LogP contribution in [0.1, 0.15) is 47.2 Å².